The molecule has 45 heavy (non-hydrogen) atoms. The lowest BCUT2D eigenvalue weighted by Crippen LogP contribution is -2.10. The SMILES string of the molecule is c1ccc(-c2ccccc2-c2ccc(N(c3cccc4c3oc3ccccc34)c3cccc4sc5ccccc5c34)cc2)cc1. The monoisotopic (exact) mass is 593 g/mol. The maximum atomic E-state index is 6.61. The topological polar surface area (TPSA) is 16.4 Å². The minimum Gasteiger partial charge on any atom is -0.454 e. The van der Waals surface area contributed by atoms with Crippen molar-refractivity contribution in [3.8, 4) is 22.3 Å². The van der Waals surface area contributed by atoms with Gasteiger partial charge in [-0.3, -0.25) is 0 Å². The van der Waals surface area contributed by atoms with Crippen LogP contribution in [0.5, 0.6) is 0 Å². The van der Waals surface area contributed by atoms with Gasteiger partial charge < -0.3 is 9.32 Å². The summed E-state index contributed by atoms with van der Waals surface area (Å²) in [5.41, 5.74) is 9.84. The molecule has 0 aliphatic heterocycles. The van der Waals surface area contributed by atoms with Gasteiger partial charge in [0.05, 0.1) is 11.4 Å². The molecular weight excluding hydrogens is 567 g/mol. The Morgan fingerprint density at radius 2 is 1.02 bits per heavy atom. The molecule has 0 atom stereocenters. The van der Waals surface area contributed by atoms with Crippen LogP contribution >= 0.6 is 11.3 Å². The second-order valence-electron chi connectivity index (χ2n) is 11.3. The fourth-order valence-corrected chi connectivity index (χ4v) is 7.78. The highest BCUT2D eigenvalue weighted by molar-refractivity contribution is 7.26. The molecule has 3 heteroatoms. The number of rotatable bonds is 5. The summed E-state index contributed by atoms with van der Waals surface area (Å²) in [6, 6.07) is 58.4. The first-order valence-corrected chi connectivity index (χ1v) is 16.0. The van der Waals surface area contributed by atoms with E-state index in [0.717, 1.165) is 39.0 Å². The van der Waals surface area contributed by atoms with E-state index in [1.807, 2.05) is 17.4 Å². The minimum atomic E-state index is 0.883. The first kappa shape index (κ1) is 25.8. The summed E-state index contributed by atoms with van der Waals surface area (Å²) in [7, 11) is 0. The number of para-hydroxylation sites is 2. The van der Waals surface area contributed by atoms with E-state index in [2.05, 4.69) is 163 Å². The molecule has 0 unspecified atom stereocenters. The molecule has 9 aromatic rings. The summed E-state index contributed by atoms with van der Waals surface area (Å²) in [5.74, 6) is 0. The second kappa shape index (κ2) is 10.5. The van der Waals surface area contributed by atoms with E-state index in [9.17, 15) is 0 Å². The van der Waals surface area contributed by atoms with Crippen molar-refractivity contribution >= 4 is 70.5 Å². The van der Waals surface area contributed by atoms with Crippen LogP contribution in [0.25, 0.3) is 64.4 Å². The van der Waals surface area contributed by atoms with Gasteiger partial charge in [0, 0.05) is 36.6 Å². The average molecular weight is 594 g/mol. The smallest absolute Gasteiger partial charge is 0.159 e. The van der Waals surface area contributed by atoms with Crippen molar-refractivity contribution in [3.05, 3.63) is 164 Å². The van der Waals surface area contributed by atoms with Crippen LogP contribution in [-0.4, -0.2) is 0 Å². The first-order valence-electron chi connectivity index (χ1n) is 15.2. The Kier molecular flexibility index (Phi) is 6.03. The molecule has 9 rings (SSSR count). The van der Waals surface area contributed by atoms with Crippen LogP contribution in [0, 0.1) is 0 Å². The van der Waals surface area contributed by atoms with Gasteiger partial charge in [-0.15, -0.1) is 11.3 Å². The molecule has 0 saturated carbocycles. The molecule has 0 bridgehead atoms. The zero-order valence-corrected chi connectivity index (χ0v) is 25.2. The number of benzene rings is 7. The number of thiophene rings is 1. The van der Waals surface area contributed by atoms with Gasteiger partial charge >= 0.3 is 0 Å². The molecule has 0 amide bonds. The van der Waals surface area contributed by atoms with Gasteiger partial charge in [0.15, 0.2) is 5.58 Å². The molecule has 0 N–H and O–H groups in total. The van der Waals surface area contributed by atoms with Crippen molar-refractivity contribution in [1.29, 1.82) is 0 Å². The minimum absolute atomic E-state index is 0.883. The summed E-state index contributed by atoms with van der Waals surface area (Å²) >= 11 is 1.84. The molecule has 0 spiro atoms. The van der Waals surface area contributed by atoms with Crippen molar-refractivity contribution < 1.29 is 4.42 Å². The highest BCUT2D eigenvalue weighted by atomic mass is 32.1. The Morgan fingerprint density at radius 1 is 0.422 bits per heavy atom. The summed E-state index contributed by atoms with van der Waals surface area (Å²) in [4.78, 5) is 2.37. The number of hydrogen-bond acceptors (Lipinski definition) is 3. The van der Waals surface area contributed by atoms with Crippen molar-refractivity contribution in [3.63, 3.8) is 0 Å². The fraction of sp³-hybridized carbons (Fsp3) is 0. The highest BCUT2D eigenvalue weighted by Crippen LogP contribution is 2.47. The predicted octanol–water partition coefficient (Wildman–Crippen LogP) is 12.8. The summed E-state index contributed by atoms with van der Waals surface area (Å²) < 4.78 is 9.16. The van der Waals surface area contributed by atoms with Crippen molar-refractivity contribution in [2.75, 3.05) is 4.90 Å². The third-order valence-electron chi connectivity index (χ3n) is 8.69. The maximum Gasteiger partial charge on any atom is 0.159 e. The Labute approximate surface area is 265 Å². The Morgan fingerprint density at radius 3 is 1.84 bits per heavy atom. The molecule has 0 radical (unpaired) electrons. The highest BCUT2D eigenvalue weighted by Gasteiger charge is 2.22. The van der Waals surface area contributed by atoms with Crippen molar-refractivity contribution in [2.24, 2.45) is 0 Å². The Balaban J connectivity index is 1.28. The lowest BCUT2D eigenvalue weighted by Gasteiger charge is -2.27. The average Bonchev–Trinajstić information content (AvgIpc) is 3.69. The van der Waals surface area contributed by atoms with E-state index in [1.54, 1.807) is 0 Å². The van der Waals surface area contributed by atoms with E-state index in [1.165, 1.54) is 42.4 Å². The van der Waals surface area contributed by atoms with E-state index < -0.39 is 0 Å². The molecular formula is C42H27NOS. The Hall–Kier alpha value is -5.64. The Bertz CT molecular complexity index is 2490. The van der Waals surface area contributed by atoms with Gasteiger partial charge in [0.2, 0.25) is 0 Å². The standard InChI is InChI=1S/C42H27NOS/c1-2-12-28(13-3-1)31-14-4-5-15-32(31)29-24-26-30(27-25-29)43(36-19-11-23-40-41(36)35-17-7-9-22-39(35)45-40)37-20-10-18-34-33-16-6-8-21-38(33)44-42(34)37/h1-27H. The van der Waals surface area contributed by atoms with Gasteiger partial charge in [-0.05, 0) is 64.7 Å². The molecule has 212 valence electrons. The van der Waals surface area contributed by atoms with E-state index >= 15 is 0 Å². The molecule has 0 saturated heterocycles. The van der Waals surface area contributed by atoms with Crippen LogP contribution in [0.4, 0.5) is 17.1 Å². The van der Waals surface area contributed by atoms with Crippen molar-refractivity contribution in [1.82, 2.24) is 0 Å². The number of fused-ring (bicyclic) bond motifs is 6. The van der Waals surface area contributed by atoms with Gasteiger partial charge in [-0.2, -0.15) is 0 Å². The number of hydrogen-bond donors (Lipinski definition) is 0. The first-order chi connectivity index (χ1) is 22.3. The summed E-state index contributed by atoms with van der Waals surface area (Å²) in [6.45, 7) is 0. The lowest BCUT2D eigenvalue weighted by molar-refractivity contribution is 0.669. The zero-order chi connectivity index (χ0) is 29.7. The molecule has 7 aromatic carbocycles. The molecule has 0 aliphatic carbocycles. The number of anilines is 3. The van der Waals surface area contributed by atoms with Crippen molar-refractivity contribution in [2.45, 2.75) is 0 Å². The van der Waals surface area contributed by atoms with Crippen LogP contribution in [0.2, 0.25) is 0 Å². The largest absolute Gasteiger partial charge is 0.454 e. The van der Waals surface area contributed by atoms with Gasteiger partial charge in [-0.1, -0.05) is 121 Å². The third-order valence-corrected chi connectivity index (χ3v) is 9.83. The zero-order valence-electron chi connectivity index (χ0n) is 24.4. The molecule has 0 fully saturated rings. The third kappa shape index (κ3) is 4.24. The van der Waals surface area contributed by atoms with Gasteiger partial charge in [-0.25, -0.2) is 0 Å². The molecule has 2 aromatic heterocycles. The molecule has 0 aliphatic rings. The van der Waals surface area contributed by atoms with E-state index in [0.29, 0.717) is 0 Å². The maximum absolute atomic E-state index is 6.61. The van der Waals surface area contributed by atoms with Crippen LogP contribution in [0.1, 0.15) is 0 Å². The van der Waals surface area contributed by atoms with Crippen LogP contribution < -0.4 is 4.90 Å². The van der Waals surface area contributed by atoms with Gasteiger partial charge in [0.1, 0.15) is 5.58 Å². The van der Waals surface area contributed by atoms with E-state index in [-0.39, 0.29) is 0 Å². The summed E-state index contributed by atoms with van der Waals surface area (Å²) in [5, 5.41) is 4.76. The second-order valence-corrected chi connectivity index (χ2v) is 12.4. The molecule has 2 nitrogen and oxygen atoms in total. The van der Waals surface area contributed by atoms with Crippen LogP contribution in [-0.2, 0) is 0 Å². The van der Waals surface area contributed by atoms with Crippen LogP contribution in [0.15, 0.2) is 168 Å². The van der Waals surface area contributed by atoms with Gasteiger partial charge in [0.25, 0.3) is 0 Å². The lowest BCUT2D eigenvalue weighted by atomic mass is 9.94. The summed E-state index contributed by atoms with van der Waals surface area (Å²) in [6.07, 6.45) is 0. The molecule has 2 heterocycles. The van der Waals surface area contributed by atoms with Crippen LogP contribution in [0.3, 0.4) is 0 Å². The van der Waals surface area contributed by atoms with E-state index in [4.69, 9.17) is 4.42 Å². The normalized spacial score (nSPS) is 11.6. The number of nitrogens with zero attached hydrogens (tertiary/aromatic N) is 1. The fourth-order valence-electron chi connectivity index (χ4n) is 6.65. The number of furan rings is 1. The quantitative estimate of drug-likeness (QED) is 0.197. The predicted molar refractivity (Wildman–Crippen MR) is 192 cm³/mol.